The summed E-state index contributed by atoms with van der Waals surface area (Å²) in [6.07, 6.45) is 21.2. The number of esters is 1. The van der Waals surface area contributed by atoms with E-state index in [9.17, 15) is 4.79 Å². The number of carbonyl (C=O) groups is 1. The predicted octanol–water partition coefficient (Wildman–Crippen LogP) is 6.21. The van der Waals surface area contributed by atoms with E-state index in [-0.39, 0.29) is 5.97 Å². The normalized spacial score (nSPS) is 20.8. The Morgan fingerprint density at radius 1 is 1.00 bits per heavy atom. The van der Waals surface area contributed by atoms with Gasteiger partial charge in [0.2, 0.25) is 0 Å². The molecule has 146 valence electrons. The van der Waals surface area contributed by atoms with Crippen molar-refractivity contribution in [2.24, 2.45) is 5.92 Å². The minimum absolute atomic E-state index is 0.103. The minimum atomic E-state index is -0.103. The number of hydrogen-bond donors (Lipinski definition) is 0. The second-order valence-electron chi connectivity index (χ2n) is 7.59. The van der Waals surface area contributed by atoms with Gasteiger partial charge in [0, 0.05) is 6.42 Å². The van der Waals surface area contributed by atoms with Crippen molar-refractivity contribution < 1.29 is 14.3 Å². The molecule has 1 aliphatic heterocycles. The Bertz CT molecular complexity index is 364. The molecule has 3 atom stereocenters. The summed E-state index contributed by atoms with van der Waals surface area (Å²) in [5.74, 6) is 0.753. The molecule has 1 fully saturated rings. The number of rotatable bonds is 16. The number of carbonyl (C=O) groups excluding carboxylic acids is 1. The van der Waals surface area contributed by atoms with Gasteiger partial charge in [0.15, 0.2) is 0 Å². The molecular formula is C22H40O3. The molecule has 0 amide bonds. The lowest BCUT2D eigenvalue weighted by molar-refractivity contribution is -0.140. The molecule has 25 heavy (non-hydrogen) atoms. The smallest absolute Gasteiger partial charge is 0.305 e. The van der Waals surface area contributed by atoms with Crippen LogP contribution in [0.3, 0.4) is 0 Å². The van der Waals surface area contributed by atoms with Gasteiger partial charge in [-0.05, 0) is 50.9 Å². The first-order valence-corrected chi connectivity index (χ1v) is 10.5. The molecule has 0 saturated carbocycles. The van der Waals surface area contributed by atoms with E-state index in [1.807, 2.05) is 0 Å². The van der Waals surface area contributed by atoms with Crippen LogP contribution in [0.15, 0.2) is 12.2 Å². The summed E-state index contributed by atoms with van der Waals surface area (Å²) in [5.41, 5.74) is 0. The third-order valence-electron chi connectivity index (χ3n) is 5.25. The molecule has 3 unspecified atom stereocenters. The molecular weight excluding hydrogens is 312 g/mol. The lowest BCUT2D eigenvalue weighted by Crippen LogP contribution is -1.99. The molecule has 3 heteroatoms. The molecule has 0 spiro atoms. The Balaban J connectivity index is 1.78. The van der Waals surface area contributed by atoms with Crippen molar-refractivity contribution in [1.82, 2.24) is 0 Å². The van der Waals surface area contributed by atoms with Crippen molar-refractivity contribution >= 4 is 5.97 Å². The highest BCUT2D eigenvalue weighted by molar-refractivity contribution is 5.68. The summed E-state index contributed by atoms with van der Waals surface area (Å²) in [7, 11) is 1.45. The fourth-order valence-corrected chi connectivity index (χ4v) is 3.37. The van der Waals surface area contributed by atoms with Crippen LogP contribution in [-0.2, 0) is 14.3 Å². The fourth-order valence-electron chi connectivity index (χ4n) is 3.37. The lowest BCUT2D eigenvalue weighted by atomic mass is 9.96. The summed E-state index contributed by atoms with van der Waals surface area (Å²) >= 11 is 0. The van der Waals surface area contributed by atoms with E-state index in [1.165, 1.54) is 71.3 Å². The monoisotopic (exact) mass is 352 g/mol. The lowest BCUT2D eigenvalue weighted by Gasteiger charge is -2.10. The van der Waals surface area contributed by atoms with Crippen molar-refractivity contribution in [3.8, 4) is 0 Å². The number of unbranched alkanes of at least 4 members (excludes halogenated alkanes) is 6. The zero-order valence-electron chi connectivity index (χ0n) is 16.8. The molecule has 1 heterocycles. The maximum atomic E-state index is 11.0. The summed E-state index contributed by atoms with van der Waals surface area (Å²) in [5, 5.41) is 0. The van der Waals surface area contributed by atoms with Crippen molar-refractivity contribution in [2.75, 3.05) is 7.11 Å². The van der Waals surface area contributed by atoms with Crippen LogP contribution in [0.5, 0.6) is 0 Å². The van der Waals surface area contributed by atoms with Crippen LogP contribution < -0.4 is 0 Å². The van der Waals surface area contributed by atoms with Gasteiger partial charge in [0.25, 0.3) is 0 Å². The van der Waals surface area contributed by atoms with Crippen molar-refractivity contribution in [1.29, 1.82) is 0 Å². The second kappa shape index (κ2) is 14.4. The standard InChI is InChI=1S/C22H40O3/c1-4-20-21(25-20)18-17-19(2)15-13-11-9-7-5-6-8-10-12-14-16-22(23)24-3/h8,10,19-21H,4-7,9,11-18H2,1-3H3. The average molecular weight is 353 g/mol. The van der Waals surface area contributed by atoms with Crippen molar-refractivity contribution in [3.63, 3.8) is 0 Å². The number of allylic oxidation sites excluding steroid dienone is 2. The fraction of sp³-hybridized carbons (Fsp3) is 0.864. The van der Waals surface area contributed by atoms with Gasteiger partial charge in [-0.1, -0.05) is 58.1 Å². The van der Waals surface area contributed by atoms with Crippen LogP contribution in [0.25, 0.3) is 0 Å². The SMILES string of the molecule is CCC1OC1CCC(C)CCCCCCCC=CCCCC(=O)OC. The Morgan fingerprint density at radius 3 is 2.36 bits per heavy atom. The van der Waals surface area contributed by atoms with E-state index in [1.54, 1.807) is 0 Å². The Labute approximate surface area is 155 Å². The summed E-state index contributed by atoms with van der Waals surface area (Å²) in [6, 6.07) is 0. The zero-order valence-corrected chi connectivity index (χ0v) is 16.8. The van der Waals surface area contributed by atoms with Gasteiger partial charge in [-0.15, -0.1) is 0 Å². The summed E-state index contributed by atoms with van der Waals surface area (Å²) in [4.78, 5) is 11.0. The van der Waals surface area contributed by atoms with E-state index < -0.39 is 0 Å². The van der Waals surface area contributed by atoms with Crippen molar-refractivity contribution in [2.45, 2.75) is 110 Å². The third-order valence-corrected chi connectivity index (χ3v) is 5.25. The van der Waals surface area contributed by atoms with Crippen LogP contribution in [0.1, 0.15) is 97.3 Å². The van der Waals surface area contributed by atoms with E-state index in [2.05, 4.69) is 30.7 Å². The van der Waals surface area contributed by atoms with Crippen LogP contribution in [0, 0.1) is 5.92 Å². The number of methoxy groups -OCH3 is 1. The molecule has 0 N–H and O–H groups in total. The molecule has 1 saturated heterocycles. The van der Waals surface area contributed by atoms with Crippen molar-refractivity contribution in [3.05, 3.63) is 12.2 Å². The van der Waals surface area contributed by atoms with Gasteiger partial charge in [-0.2, -0.15) is 0 Å². The van der Waals surface area contributed by atoms with Crippen LogP contribution >= 0.6 is 0 Å². The molecule has 0 aromatic carbocycles. The predicted molar refractivity (Wildman–Crippen MR) is 105 cm³/mol. The third kappa shape index (κ3) is 12.2. The molecule has 0 aromatic heterocycles. The minimum Gasteiger partial charge on any atom is -0.469 e. The van der Waals surface area contributed by atoms with Gasteiger partial charge in [0.05, 0.1) is 19.3 Å². The highest BCUT2D eigenvalue weighted by Crippen LogP contribution is 2.31. The molecule has 0 radical (unpaired) electrons. The molecule has 1 rings (SSSR count). The Kier molecular flexibility index (Phi) is 12.8. The largest absolute Gasteiger partial charge is 0.469 e. The molecule has 0 aromatic rings. The van der Waals surface area contributed by atoms with E-state index in [0.29, 0.717) is 18.6 Å². The van der Waals surface area contributed by atoms with E-state index in [4.69, 9.17) is 4.74 Å². The zero-order chi connectivity index (χ0) is 18.3. The van der Waals surface area contributed by atoms with Gasteiger partial charge >= 0.3 is 5.97 Å². The van der Waals surface area contributed by atoms with Crippen LogP contribution in [0.2, 0.25) is 0 Å². The first-order chi connectivity index (χ1) is 12.2. The van der Waals surface area contributed by atoms with E-state index >= 15 is 0 Å². The summed E-state index contributed by atoms with van der Waals surface area (Å²) in [6.45, 7) is 4.61. The molecule has 0 aliphatic carbocycles. The topological polar surface area (TPSA) is 38.8 Å². The van der Waals surface area contributed by atoms with Crippen LogP contribution in [-0.4, -0.2) is 25.3 Å². The highest BCUT2D eigenvalue weighted by atomic mass is 16.6. The van der Waals surface area contributed by atoms with Gasteiger partial charge in [-0.25, -0.2) is 0 Å². The molecule has 0 bridgehead atoms. The number of epoxide rings is 1. The Morgan fingerprint density at radius 2 is 1.68 bits per heavy atom. The molecule has 1 aliphatic rings. The summed E-state index contributed by atoms with van der Waals surface area (Å²) < 4.78 is 10.2. The number of ether oxygens (including phenoxy) is 2. The maximum absolute atomic E-state index is 11.0. The molecule has 3 nitrogen and oxygen atoms in total. The Hall–Kier alpha value is -0.830. The highest BCUT2D eigenvalue weighted by Gasteiger charge is 2.36. The second-order valence-corrected chi connectivity index (χ2v) is 7.59. The first-order valence-electron chi connectivity index (χ1n) is 10.5. The average Bonchev–Trinajstić information content (AvgIpc) is 3.39. The van der Waals surface area contributed by atoms with E-state index in [0.717, 1.165) is 18.8 Å². The quantitative estimate of drug-likeness (QED) is 0.143. The van der Waals surface area contributed by atoms with Crippen LogP contribution in [0.4, 0.5) is 0 Å². The van der Waals surface area contributed by atoms with Gasteiger partial charge < -0.3 is 9.47 Å². The van der Waals surface area contributed by atoms with Gasteiger partial charge in [0.1, 0.15) is 0 Å². The number of hydrogen-bond acceptors (Lipinski definition) is 3. The first kappa shape index (κ1) is 22.2. The maximum Gasteiger partial charge on any atom is 0.305 e. The van der Waals surface area contributed by atoms with Gasteiger partial charge in [-0.3, -0.25) is 4.79 Å².